The molecule has 176 valence electrons. The first-order valence-corrected chi connectivity index (χ1v) is 10.9. The van der Waals surface area contributed by atoms with Crippen LogP contribution < -0.4 is 5.32 Å². The molecule has 2 bridgehead atoms. The van der Waals surface area contributed by atoms with E-state index >= 15 is 0 Å². The number of carboxylic acid groups (broad SMARTS) is 1. The third-order valence-electron chi connectivity index (χ3n) is 6.44. The van der Waals surface area contributed by atoms with Gasteiger partial charge in [0.15, 0.2) is 12.4 Å². The van der Waals surface area contributed by atoms with Gasteiger partial charge in [0.05, 0.1) is 6.61 Å². The van der Waals surface area contributed by atoms with Crippen molar-refractivity contribution in [3.63, 3.8) is 0 Å². The normalized spacial score (nSPS) is 37.6. The SMILES string of the molecule is O=C(OC1C[C@H]2CC[C@@H](C1)N2)C(CO[C@@H]1O[C@H](C(=O)O)[C@@H](O)[C@H](O)[C@H]1O)c1ccccc1. The fourth-order valence-corrected chi connectivity index (χ4v) is 4.71. The monoisotopic (exact) mass is 451 g/mol. The number of nitrogens with one attached hydrogen (secondary N) is 1. The molecular formula is C22H29NO9. The van der Waals surface area contributed by atoms with Crippen molar-refractivity contribution >= 4 is 11.9 Å². The summed E-state index contributed by atoms with van der Waals surface area (Å²) in [5, 5.41) is 42.7. The van der Waals surface area contributed by atoms with Crippen molar-refractivity contribution in [2.24, 2.45) is 0 Å². The third-order valence-corrected chi connectivity index (χ3v) is 6.44. The van der Waals surface area contributed by atoms with E-state index in [1.54, 1.807) is 30.3 Å². The summed E-state index contributed by atoms with van der Waals surface area (Å²) in [6.45, 7) is -0.266. The van der Waals surface area contributed by atoms with Crippen LogP contribution in [0.4, 0.5) is 0 Å². The van der Waals surface area contributed by atoms with Crippen LogP contribution in [0.25, 0.3) is 0 Å². The number of aliphatic hydroxyl groups excluding tert-OH is 3. The van der Waals surface area contributed by atoms with Gasteiger partial charge in [0.1, 0.15) is 30.3 Å². The number of esters is 1. The summed E-state index contributed by atoms with van der Waals surface area (Å²) < 4.78 is 16.5. The summed E-state index contributed by atoms with van der Waals surface area (Å²) in [7, 11) is 0. The van der Waals surface area contributed by atoms with Crippen molar-refractivity contribution in [3.05, 3.63) is 35.9 Å². The van der Waals surface area contributed by atoms with E-state index in [0.29, 0.717) is 17.6 Å². The van der Waals surface area contributed by atoms with E-state index in [0.717, 1.165) is 25.7 Å². The van der Waals surface area contributed by atoms with Crippen LogP contribution in [0.5, 0.6) is 0 Å². The van der Waals surface area contributed by atoms with Crippen LogP contribution in [0.2, 0.25) is 0 Å². The molecule has 0 aromatic heterocycles. The highest BCUT2D eigenvalue weighted by Gasteiger charge is 2.48. The van der Waals surface area contributed by atoms with E-state index in [1.165, 1.54) is 0 Å². The molecule has 0 spiro atoms. The molecular weight excluding hydrogens is 422 g/mol. The van der Waals surface area contributed by atoms with Gasteiger partial charge in [-0.15, -0.1) is 0 Å². The number of piperidine rings is 1. The van der Waals surface area contributed by atoms with Gasteiger partial charge in [-0.05, 0) is 31.2 Å². The predicted octanol–water partition coefficient (Wildman–Crippen LogP) is -0.495. The Bertz CT molecular complexity index is 794. The number of hydrogen-bond acceptors (Lipinski definition) is 9. The molecule has 0 radical (unpaired) electrons. The topological polar surface area (TPSA) is 155 Å². The molecule has 1 aromatic rings. The fraction of sp³-hybridized carbons (Fsp3) is 0.636. The number of rotatable bonds is 7. The van der Waals surface area contributed by atoms with E-state index in [1.807, 2.05) is 0 Å². The molecule has 4 rings (SSSR count). The standard InChI is InChI=1S/C22H29NO9/c24-16-17(25)19(20(27)28)32-22(18(16)26)30-10-15(11-4-2-1-3-5-11)21(29)31-14-8-12-6-7-13(9-14)23-12/h1-5,12-19,22-26H,6-10H2,(H,27,28)/t12-,13+,14?,15?,16-,17-,18+,19-,22+/m0/s1. The van der Waals surface area contributed by atoms with Crippen molar-refractivity contribution in [3.8, 4) is 0 Å². The minimum Gasteiger partial charge on any atom is -0.479 e. The molecule has 0 amide bonds. The maximum absolute atomic E-state index is 13.1. The van der Waals surface area contributed by atoms with E-state index in [9.17, 15) is 30.0 Å². The maximum atomic E-state index is 13.1. The number of aliphatic carboxylic acids is 1. The zero-order valence-corrected chi connectivity index (χ0v) is 17.4. The average molecular weight is 451 g/mol. The van der Waals surface area contributed by atoms with Crippen molar-refractivity contribution in [1.82, 2.24) is 5.32 Å². The van der Waals surface area contributed by atoms with Gasteiger partial charge in [0.25, 0.3) is 0 Å². The number of ether oxygens (including phenoxy) is 3. The number of carbonyl (C=O) groups is 2. The fourth-order valence-electron chi connectivity index (χ4n) is 4.71. The molecule has 3 aliphatic rings. The van der Waals surface area contributed by atoms with Crippen LogP contribution in [0.3, 0.4) is 0 Å². The van der Waals surface area contributed by atoms with Crippen LogP contribution in [0.15, 0.2) is 30.3 Å². The molecule has 32 heavy (non-hydrogen) atoms. The average Bonchev–Trinajstić information content (AvgIpc) is 3.12. The number of carboxylic acids is 1. The van der Waals surface area contributed by atoms with Crippen LogP contribution >= 0.6 is 0 Å². The Morgan fingerprint density at radius 1 is 1.03 bits per heavy atom. The van der Waals surface area contributed by atoms with Gasteiger partial charge < -0.3 is 40.0 Å². The van der Waals surface area contributed by atoms with Gasteiger partial charge in [-0.1, -0.05) is 30.3 Å². The highest BCUT2D eigenvalue weighted by molar-refractivity contribution is 5.78. The summed E-state index contributed by atoms with van der Waals surface area (Å²) in [6.07, 6.45) is -5.15. The zero-order chi connectivity index (χ0) is 22.8. The van der Waals surface area contributed by atoms with Crippen LogP contribution in [-0.2, 0) is 23.8 Å². The molecule has 3 aliphatic heterocycles. The largest absolute Gasteiger partial charge is 0.479 e. The first kappa shape index (κ1) is 23.1. The summed E-state index contributed by atoms with van der Waals surface area (Å²) >= 11 is 0. The molecule has 0 aliphatic carbocycles. The Hall–Kier alpha value is -2.08. The highest BCUT2D eigenvalue weighted by atomic mass is 16.7. The lowest BCUT2D eigenvalue weighted by Crippen LogP contribution is -2.60. The minimum atomic E-state index is -1.81. The van der Waals surface area contributed by atoms with Gasteiger partial charge in [-0.2, -0.15) is 0 Å². The lowest BCUT2D eigenvalue weighted by molar-refractivity contribution is -0.294. The number of hydrogen-bond donors (Lipinski definition) is 5. The number of benzene rings is 1. The lowest BCUT2D eigenvalue weighted by atomic mass is 9.98. The second-order valence-corrected chi connectivity index (χ2v) is 8.70. The van der Waals surface area contributed by atoms with Crippen molar-refractivity contribution in [2.75, 3.05) is 6.61 Å². The molecule has 0 saturated carbocycles. The minimum absolute atomic E-state index is 0.197. The predicted molar refractivity (Wildman–Crippen MR) is 109 cm³/mol. The maximum Gasteiger partial charge on any atom is 0.335 e. The first-order valence-electron chi connectivity index (χ1n) is 10.9. The highest BCUT2D eigenvalue weighted by Crippen LogP contribution is 2.31. The van der Waals surface area contributed by atoms with Crippen LogP contribution in [-0.4, -0.2) is 87.9 Å². The van der Waals surface area contributed by atoms with Crippen molar-refractivity contribution in [2.45, 2.75) is 80.5 Å². The molecule has 9 atom stereocenters. The van der Waals surface area contributed by atoms with Crippen molar-refractivity contribution in [1.29, 1.82) is 0 Å². The molecule has 2 unspecified atom stereocenters. The van der Waals surface area contributed by atoms with Crippen molar-refractivity contribution < 1.29 is 44.2 Å². The zero-order valence-electron chi connectivity index (χ0n) is 17.4. The number of carbonyl (C=O) groups excluding carboxylic acids is 1. The lowest BCUT2D eigenvalue weighted by Gasteiger charge is -2.38. The van der Waals surface area contributed by atoms with Gasteiger partial charge in [-0.25, -0.2) is 4.79 Å². The second-order valence-electron chi connectivity index (χ2n) is 8.70. The Labute approximate surface area is 185 Å². The van der Waals surface area contributed by atoms with E-state index in [2.05, 4.69) is 5.32 Å². The smallest absolute Gasteiger partial charge is 0.335 e. The van der Waals surface area contributed by atoms with Crippen LogP contribution in [0, 0.1) is 0 Å². The number of fused-ring (bicyclic) bond motifs is 2. The summed E-state index contributed by atoms with van der Waals surface area (Å²) in [6, 6.07) is 9.55. The molecule has 3 heterocycles. The van der Waals surface area contributed by atoms with E-state index in [-0.39, 0.29) is 12.7 Å². The van der Waals surface area contributed by atoms with Gasteiger partial charge in [-0.3, -0.25) is 4.79 Å². The quantitative estimate of drug-likeness (QED) is 0.343. The van der Waals surface area contributed by atoms with Gasteiger partial charge in [0.2, 0.25) is 0 Å². The van der Waals surface area contributed by atoms with E-state index < -0.39 is 48.6 Å². The Kier molecular flexibility index (Phi) is 7.08. The molecule has 3 saturated heterocycles. The Morgan fingerprint density at radius 3 is 2.31 bits per heavy atom. The number of aliphatic hydroxyl groups is 3. The Balaban J connectivity index is 1.44. The molecule has 10 heteroatoms. The summed E-state index contributed by atoms with van der Waals surface area (Å²) in [5.41, 5.74) is 0.634. The molecule has 10 nitrogen and oxygen atoms in total. The second kappa shape index (κ2) is 9.82. The molecule has 5 N–H and O–H groups in total. The Morgan fingerprint density at radius 2 is 1.69 bits per heavy atom. The summed E-state index contributed by atoms with van der Waals surface area (Å²) in [4.78, 5) is 24.4. The van der Waals surface area contributed by atoms with Crippen LogP contribution in [0.1, 0.15) is 37.2 Å². The molecule has 1 aromatic carbocycles. The first-order chi connectivity index (χ1) is 15.3. The summed E-state index contributed by atoms with van der Waals surface area (Å²) in [5.74, 6) is -2.83. The molecule has 3 fully saturated rings. The van der Waals surface area contributed by atoms with E-state index in [4.69, 9.17) is 14.2 Å². The van der Waals surface area contributed by atoms with Gasteiger partial charge >= 0.3 is 11.9 Å². The third kappa shape index (κ3) is 4.95. The van der Waals surface area contributed by atoms with Gasteiger partial charge in [0, 0.05) is 12.1 Å².